The number of rotatable bonds is 3. The molecule has 122 valence electrons. The number of nitrogens with one attached hydrogen (secondary N) is 1. The van der Waals surface area contributed by atoms with Gasteiger partial charge in [0.25, 0.3) is 5.91 Å². The molecule has 23 heavy (non-hydrogen) atoms. The van der Waals surface area contributed by atoms with Crippen molar-refractivity contribution in [2.45, 2.75) is 13.0 Å². The van der Waals surface area contributed by atoms with Crippen LogP contribution in [0.3, 0.4) is 0 Å². The van der Waals surface area contributed by atoms with Crippen molar-refractivity contribution in [2.24, 2.45) is 7.05 Å². The third-order valence-electron chi connectivity index (χ3n) is 3.98. The molecule has 2 aromatic rings. The zero-order chi connectivity index (χ0) is 16.6. The van der Waals surface area contributed by atoms with Gasteiger partial charge in [0.15, 0.2) is 11.5 Å². The number of hydrogen-bond acceptors (Lipinski definition) is 5. The molecule has 0 fully saturated rings. The number of aromatic amines is 1. The molecule has 1 N–H and O–H groups in total. The van der Waals surface area contributed by atoms with Gasteiger partial charge in [-0.1, -0.05) is 0 Å². The first-order valence-electron chi connectivity index (χ1n) is 7.20. The van der Waals surface area contributed by atoms with Crippen LogP contribution in [-0.4, -0.2) is 46.3 Å². The number of carbonyl (C=O) groups is 1. The number of carbonyl (C=O) groups excluding carboxylic acids is 1. The molecule has 1 aliphatic rings. The molecule has 0 atom stereocenters. The summed E-state index contributed by atoms with van der Waals surface area (Å²) in [6, 6.07) is 3.83. The summed E-state index contributed by atoms with van der Waals surface area (Å²) in [7, 11) is 4.67. The molecule has 1 amide bonds. The molecule has 0 spiro atoms. The van der Waals surface area contributed by atoms with Gasteiger partial charge in [-0.3, -0.25) is 9.78 Å². The maximum Gasteiger partial charge on any atom is 0.343 e. The minimum Gasteiger partial charge on any atom is -0.493 e. The van der Waals surface area contributed by atoms with E-state index < -0.39 is 5.69 Å². The molecule has 0 aliphatic carbocycles. The number of H-pyrrole nitrogens is 1. The first-order chi connectivity index (χ1) is 11.0. The molecule has 0 unspecified atom stereocenters. The number of benzene rings is 1. The summed E-state index contributed by atoms with van der Waals surface area (Å²) in [5, 5.41) is 3.92. The summed E-state index contributed by atoms with van der Waals surface area (Å²) >= 11 is 0. The van der Waals surface area contributed by atoms with Crippen molar-refractivity contribution in [3.63, 3.8) is 0 Å². The Hall–Kier alpha value is -2.77. The lowest BCUT2D eigenvalue weighted by atomic mass is 9.98. The Kier molecular flexibility index (Phi) is 3.81. The molecule has 0 radical (unpaired) electrons. The Labute approximate surface area is 132 Å². The van der Waals surface area contributed by atoms with Gasteiger partial charge >= 0.3 is 5.69 Å². The molecule has 0 saturated carbocycles. The van der Waals surface area contributed by atoms with E-state index in [1.807, 2.05) is 12.1 Å². The first-order valence-corrected chi connectivity index (χ1v) is 7.20. The Morgan fingerprint density at radius 3 is 2.43 bits per heavy atom. The summed E-state index contributed by atoms with van der Waals surface area (Å²) in [5.74, 6) is 1.08. The van der Waals surface area contributed by atoms with Gasteiger partial charge in [0.05, 0.1) is 14.2 Å². The predicted molar refractivity (Wildman–Crippen MR) is 81.8 cm³/mol. The van der Waals surface area contributed by atoms with Gasteiger partial charge in [-0.15, -0.1) is 5.10 Å². The van der Waals surface area contributed by atoms with Crippen LogP contribution in [0.5, 0.6) is 11.5 Å². The lowest BCUT2D eigenvalue weighted by Crippen LogP contribution is -2.36. The monoisotopic (exact) mass is 318 g/mol. The highest BCUT2D eigenvalue weighted by atomic mass is 16.5. The van der Waals surface area contributed by atoms with Gasteiger partial charge in [-0.2, -0.15) is 0 Å². The van der Waals surface area contributed by atoms with Gasteiger partial charge in [-0.05, 0) is 29.7 Å². The third-order valence-corrected chi connectivity index (χ3v) is 3.98. The zero-order valence-electron chi connectivity index (χ0n) is 13.3. The topological polar surface area (TPSA) is 89.4 Å². The van der Waals surface area contributed by atoms with Crippen LogP contribution in [0.2, 0.25) is 0 Å². The van der Waals surface area contributed by atoms with Gasteiger partial charge in [0.1, 0.15) is 0 Å². The van der Waals surface area contributed by atoms with Gasteiger partial charge < -0.3 is 14.4 Å². The normalized spacial score (nSPS) is 13.6. The van der Waals surface area contributed by atoms with E-state index >= 15 is 0 Å². The maximum absolute atomic E-state index is 12.5. The largest absolute Gasteiger partial charge is 0.493 e. The third kappa shape index (κ3) is 2.67. The Bertz CT molecular complexity index is 808. The fraction of sp³-hybridized carbons (Fsp3) is 0.400. The summed E-state index contributed by atoms with van der Waals surface area (Å²) < 4.78 is 11.7. The standard InChI is InChI=1S/C15H18N4O4/c1-18-15(21)16-13(17-18)14(20)19-5-4-9-6-11(22-2)12(23-3)7-10(9)8-19/h6-7H,4-5,8H2,1-3H3,(H,16,17,21). The predicted octanol–water partition coefficient (Wildman–Crippen LogP) is 0.324. The highest BCUT2D eigenvalue weighted by molar-refractivity contribution is 5.90. The first kappa shape index (κ1) is 15.1. The Morgan fingerprint density at radius 2 is 1.87 bits per heavy atom. The van der Waals surface area contributed by atoms with E-state index in [1.54, 1.807) is 19.1 Å². The number of nitrogens with zero attached hydrogens (tertiary/aromatic N) is 3. The quantitative estimate of drug-likeness (QED) is 0.880. The second kappa shape index (κ2) is 5.79. The summed E-state index contributed by atoms with van der Waals surface area (Å²) in [4.78, 5) is 28.0. The van der Waals surface area contributed by atoms with E-state index in [-0.39, 0.29) is 11.7 Å². The smallest absolute Gasteiger partial charge is 0.343 e. The van der Waals surface area contributed by atoms with E-state index in [9.17, 15) is 9.59 Å². The lowest BCUT2D eigenvalue weighted by molar-refractivity contribution is 0.0721. The summed E-state index contributed by atoms with van der Waals surface area (Å²) in [5.41, 5.74) is 1.72. The van der Waals surface area contributed by atoms with E-state index in [0.29, 0.717) is 31.0 Å². The van der Waals surface area contributed by atoms with Gasteiger partial charge in [-0.25, -0.2) is 9.48 Å². The van der Waals surface area contributed by atoms with Crippen molar-refractivity contribution in [3.8, 4) is 11.5 Å². The molecule has 0 saturated heterocycles. The zero-order valence-corrected chi connectivity index (χ0v) is 13.3. The molecule has 0 bridgehead atoms. The van der Waals surface area contributed by atoms with E-state index in [2.05, 4.69) is 10.1 Å². The van der Waals surface area contributed by atoms with Crippen molar-refractivity contribution < 1.29 is 14.3 Å². The molecule has 2 heterocycles. The van der Waals surface area contributed by atoms with Crippen molar-refractivity contribution in [1.82, 2.24) is 19.7 Å². The SMILES string of the molecule is COc1cc2c(cc1OC)CN(C(=O)c1nn(C)c(=O)[nH]1)CC2. The highest BCUT2D eigenvalue weighted by Crippen LogP contribution is 2.33. The van der Waals surface area contributed by atoms with Crippen LogP contribution >= 0.6 is 0 Å². The van der Waals surface area contributed by atoms with Crippen molar-refractivity contribution in [3.05, 3.63) is 39.6 Å². The average Bonchev–Trinajstić information content (AvgIpc) is 2.91. The van der Waals surface area contributed by atoms with Crippen LogP contribution < -0.4 is 15.2 Å². The van der Waals surface area contributed by atoms with Crippen LogP contribution in [0.4, 0.5) is 0 Å². The minimum absolute atomic E-state index is 0.0569. The number of fused-ring (bicyclic) bond motifs is 1. The lowest BCUT2D eigenvalue weighted by Gasteiger charge is -2.28. The number of aromatic nitrogens is 3. The summed E-state index contributed by atoms with van der Waals surface area (Å²) in [6.07, 6.45) is 0.707. The van der Waals surface area contributed by atoms with Crippen LogP contribution in [0.1, 0.15) is 21.7 Å². The van der Waals surface area contributed by atoms with Crippen molar-refractivity contribution >= 4 is 5.91 Å². The Morgan fingerprint density at radius 1 is 1.22 bits per heavy atom. The number of hydrogen-bond donors (Lipinski definition) is 1. The van der Waals surface area contributed by atoms with Gasteiger partial charge in [0, 0.05) is 20.1 Å². The fourth-order valence-electron chi connectivity index (χ4n) is 2.71. The number of aryl methyl sites for hydroxylation is 1. The second-order valence-corrected chi connectivity index (χ2v) is 5.35. The maximum atomic E-state index is 12.5. The molecular weight excluding hydrogens is 300 g/mol. The van der Waals surface area contributed by atoms with Crippen LogP contribution in [0.15, 0.2) is 16.9 Å². The molecule has 8 nitrogen and oxygen atoms in total. The number of methoxy groups -OCH3 is 2. The minimum atomic E-state index is -0.405. The highest BCUT2D eigenvalue weighted by Gasteiger charge is 2.25. The average molecular weight is 318 g/mol. The Balaban J connectivity index is 1.87. The van der Waals surface area contributed by atoms with Crippen molar-refractivity contribution in [2.75, 3.05) is 20.8 Å². The molecule has 3 rings (SSSR count). The molecule has 1 aliphatic heterocycles. The summed E-state index contributed by atoms with van der Waals surface area (Å²) in [6.45, 7) is 0.993. The van der Waals surface area contributed by atoms with E-state index in [0.717, 1.165) is 15.8 Å². The van der Waals surface area contributed by atoms with E-state index in [4.69, 9.17) is 9.47 Å². The number of amides is 1. The van der Waals surface area contributed by atoms with Crippen LogP contribution in [0.25, 0.3) is 0 Å². The molecular formula is C15H18N4O4. The van der Waals surface area contributed by atoms with Crippen LogP contribution in [0, 0.1) is 0 Å². The van der Waals surface area contributed by atoms with Crippen molar-refractivity contribution in [1.29, 1.82) is 0 Å². The molecule has 1 aromatic carbocycles. The van der Waals surface area contributed by atoms with E-state index in [1.165, 1.54) is 7.05 Å². The number of ether oxygens (including phenoxy) is 2. The molecule has 1 aromatic heterocycles. The fourth-order valence-corrected chi connectivity index (χ4v) is 2.71. The van der Waals surface area contributed by atoms with Crippen LogP contribution in [-0.2, 0) is 20.0 Å². The molecule has 8 heteroatoms. The second-order valence-electron chi connectivity index (χ2n) is 5.35. The van der Waals surface area contributed by atoms with Gasteiger partial charge in [0.2, 0.25) is 5.82 Å².